The lowest BCUT2D eigenvalue weighted by Gasteiger charge is -2.51. The molecule has 1 aromatic rings. The maximum atomic E-state index is 12.2. The number of benzene rings is 1. The molecule has 4 nitrogen and oxygen atoms in total. The first-order chi connectivity index (χ1) is 10.9. The lowest BCUT2D eigenvalue weighted by atomic mass is 9.64. The fourth-order valence-corrected chi connectivity index (χ4v) is 3.06. The predicted octanol–water partition coefficient (Wildman–Crippen LogP) is 3.30. The first-order valence-corrected chi connectivity index (χ1v) is 8.69. The smallest absolute Gasteiger partial charge is 0.220 e. The summed E-state index contributed by atoms with van der Waals surface area (Å²) in [6.07, 6.45) is 4.57. The van der Waals surface area contributed by atoms with E-state index in [0.29, 0.717) is 12.8 Å². The number of para-hydroxylation sites is 1. The Labute approximate surface area is 139 Å². The zero-order valence-corrected chi connectivity index (χ0v) is 14.6. The second-order valence-corrected chi connectivity index (χ2v) is 7.09. The first kappa shape index (κ1) is 17.8. The van der Waals surface area contributed by atoms with Crippen molar-refractivity contribution in [2.75, 3.05) is 12.3 Å². The van der Waals surface area contributed by atoms with E-state index in [1.165, 1.54) is 0 Å². The van der Waals surface area contributed by atoms with Gasteiger partial charge < -0.3 is 15.8 Å². The number of carbonyl (C=O) groups excluding carboxylic acids is 1. The number of nitrogens with one attached hydrogen (secondary N) is 1. The zero-order chi connectivity index (χ0) is 16.9. The first-order valence-electron chi connectivity index (χ1n) is 8.69. The van der Waals surface area contributed by atoms with E-state index in [0.717, 1.165) is 37.1 Å². The maximum Gasteiger partial charge on any atom is 0.220 e. The number of carbonyl (C=O) groups is 1. The van der Waals surface area contributed by atoms with Crippen LogP contribution in [0.1, 0.15) is 52.0 Å². The predicted molar refractivity (Wildman–Crippen MR) is 94.2 cm³/mol. The van der Waals surface area contributed by atoms with Gasteiger partial charge in [0.2, 0.25) is 5.91 Å². The average Bonchev–Trinajstić information content (AvgIpc) is 2.52. The quantitative estimate of drug-likeness (QED) is 0.571. The van der Waals surface area contributed by atoms with Crippen molar-refractivity contribution in [1.82, 2.24) is 5.32 Å². The number of unbranched alkanes of at least 4 members (excludes halogenated alkanes) is 1. The molecule has 1 saturated carbocycles. The summed E-state index contributed by atoms with van der Waals surface area (Å²) in [4.78, 5) is 12.2. The van der Waals surface area contributed by atoms with E-state index in [4.69, 9.17) is 10.5 Å². The van der Waals surface area contributed by atoms with Crippen LogP contribution in [0.2, 0.25) is 0 Å². The van der Waals surface area contributed by atoms with Crippen LogP contribution in [-0.4, -0.2) is 24.7 Å². The second-order valence-electron chi connectivity index (χ2n) is 7.09. The number of rotatable bonds is 8. The lowest BCUT2D eigenvalue weighted by Crippen LogP contribution is -2.62. The van der Waals surface area contributed by atoms with Gasteiger partial charge in [-0.2, -0.15) is 0 Å². The highest BCUT2D eigenvalue weighted by Gasteiger charge is 2.49. The Bertz CT molecular complexity index is 528. The molecule has 0 spiro atoms. The molecule has 2 rings (SSSR count). The highest BCUT2D eigenvalue weighted by Crippen LogP contribution is 2.42. The summed E-state index contributed by atoms with van der Waals surface area (Å²) in [6, 6.07) is 7.93. The number of nitrogens with two attached hydrogens (primary N) is 1. The number of hydrogen-bond donors (Lipinski definition) is 2. The van der Waals surface area contributed by atoms with Crippen molar-refractivity contribution in [3.05, 3.63) is 29.8 Å². The van der Waals surface area contributed by atoms with Crippen molar-refractivity contribution in [2.45, 2.75) is 65.0 Å². The van der Waals surface area contributed by atoms with Crippen LogP contribution in [0.4, 0.5) is 5.69 Å². The summed E-state index contributed by atoms with van der Waals surface area (Å²) in [7, 11) is 0. The van der Waals surface area contributed by atoms with Crippen LogP contribution in [0.25, 0.3) is 0 Å². The van der Waals surface area contributed by atoms with Gasteiger partial charge in [0.1, 0.15) is 0 Å². The van der Waals surface area contributed by atoms with Crippen molar-refractivity contribution >= 4 is 11.6 Å². The molecule has 0 aliphatic heterocycles. The Morgan fingerprint density at radius 1 is 1.39 bits per heavy atom. The molecule has 1 amide bonds. The molecular weight excluding hydrogens is 288 g/mol. The summed E-state index contributed by atoms with van der Waals surface area (Å²) in [6.45, 7) is 7.33. The van der Waals surface area contributed by atoms with Crippen LogP contribution in [0.5, 0.6) is 0 Å². The Morgan fingerprint density at radius 3 is 2.78 bits per heavy atom. The number of anilines is 1. The highest BCUT2D eigenvalue weighted by molar-refractivity contribution is 5.77. The van der Waals surface area contributed by atoms with E-state index in [-0.39, 0.29) is 23.5 Å². The summed E-state index contributed by atoms with van der Waals surface area (Å²) >= 11 is 0. The van der Waals surface area contributed by atoms with Gasteiger partial charge in [-0.15, -0.1) is 0 Å². The van der Waals surface area contributed by atoms with Gasteiger partial charge in [0, 0.05) is 30.2 Å². The number of aryl methyl sites for hydroxylation is 1. The molecule has 0 bridgehead atoms. The number of hydrogen-bond acceptors (Lipinski definition) is 3. The molecule has 1 fully saturated rings. The molecule has 1 aromatic carbocycles. The van der Waals surface area contributed by atoms with Gasteiger partial charge in [0.15, 0.2) is 0 Å². The summed E-state index contributed by atoms with van der Waals surface area (Å²) in [5.74, 6) is 0.0957. The monoisotopic (exact) mass is 318 g/mol. The molecule has 1 aliphatic rings. The molecule has 23 heavy (non-hydrogen) atoms. The Balaban J connectivity index is 1.75. The van der Waals surface area contributed by atoms with Gasteiger partial charge in [0.05, 0.1) is 6.10 Å². The molecule has 2 unspecified atom stereocenters. The van der Waals surface area contributed by atoms with Gasteiger partial charge in [-0.25, -0.2) is 0 Å². The summed E-state index contributed by atoms with van der Waals surface area (Å²) in [5.41, 5.74) is 7.72. The van der Waals surface area contributed by atoms with Crippen molar-refractivity contribution < 1.29 is 9.53 Å². The third-order valence-electron chi connectivity index (χ3n) is 5.01. The maximum absolute atomic E-state index is 12.2. The molecule has 2 atom stereocenters. The molecule has 1 aliphatic carbocycles. The van der Waals surface area contributed by atoms with Crippen LogP contribution >= 0.6 is 0 Å². The van der Waals surface area contributed by atoms with Gasteiger partial charge >= 0.3 is 0 Å². The molecule has 0 radical (unpaired) electrons. The third-order valence-corrected chi connectivity index (χ3v) is 5.01. The van der Waals surface area contributed by atoms with Gasteiger partial charge in [-0.05, 0) is 30.9 Å². The van der Waals surface area contributed by atoms with E-state index < -0.39 is 0 Å². The number of amides is 1. The molecule has 0 aromatic heterocycles. The van der Waals surface area contributed by atoms with E-state index >= 15 is 0 Å². The highest BCUT2D eigenvalue weighted by atomic mass is 16.5. The van der Waals surface area contributed by atoms with Crippen molar-refractivity contribution in [2.24, 2.45) is 5.41 Å². The number of nitrogen functional groups attached to an aromatic ring is 1. The molecular formula is C19H30N2O2. The van der Waals surface area contributed by atoms with E-state index in [9.17, 15) is 4.79 Å². The van der Waals surface area contributed by atoms with Crippen molar-refractivity contribution in [3.8, 4) is 0 Å². The van der Waals surface area contributed by atoms with Crippen LogP contribution in [0.15, 0.2) is 24.3 Å². The Hall–Kier alpha value is -1.55. The minimum atomic E-state index is 0.00910. The van der Waals surface area contributed by atoms with Crippen LogP contribution in [0, 0.1) is 5.41 Å². The SMILES string of the molecule is CCCCOC1CC(NC(=O)CCc2ccccc2N)C1(C)C. The average molecular weight is 318 g/mol. The van der Waals surface area contributed by atoms with E-state index in [1.54, 1.807) is 0 Å². The Kier molecular flexibility index (Phi) is 6.05. The van der Waals surface area contributed by atoms with E-state index in [2.05, 4.69) is 26.1 Å². The lowest BCUT2D eigenvalue weighted by molar-refractivity contribution is -0.138. The van der Waals surface area contributed by atoms with Crippen LogP contribution in [0.3, 0.4) is 0 Å². The van der Waals surface area contributed by atoms with Gasteiger partial charge in [0.25, 0.3) is 0 Å². The van der Waals surface area contributed by atoms with Gasteiger partial charge in [-0.3, -0.25) is 4.79 Å². The fraction of sp³-hybridized carbons (Fsp3) is 0.632. The molecule has 128 valence electrons. The van der Waals surface area contributed by atoms with Crippen molar-refractivity contribution in [3.63, 3.8) is 0 Å². The van der Waals surface area contributed by atoms with Gasteiger partial charge in [-0.1, -0.05) is 45.4 Å². The minimum Gasteiger partial charge on any atom is -0.399 e. The van der Waals surface area contributed by atoms with Crippen LogP contribution in [-0.2, 0) is 16.0 Å². The topological polar surface area (TPSA) is 64.3 Å². The normalized spacial score (nSPS) is 22.4. The molecule has 0 heterocycles. The minimum absolute atomic E-state index is 0.00910. The third kappa shape index (κ3) is 4.47. The fourth-order valence-electron chi connectivity index (χ4n) is 3.06. The summed E-state index contributed by atoms with van der Waals surface area (Å²) < 4.78 is 5.92. The van der Waals surface area contributed by atoms with Crippen LogP contribution < -0.4 is 11.1 Å². The molecule has 4 heteroatoms. The zero-order valence-electron chi connectivity index (χ0n) is 14.6. The number of ether oxygens (including phenoxy) is 1. The Morgan fingerprint density at radius 2 is 2.13 bits per heavy atom. The standard InChI is InChI=1S/C19H30N2O2/c1-4-5-12-23-17-13-16(19(17,2)3)21-18(22)11-10-14-8-6-7-9-15(14)20/h6-9,16-17H,4-5,10-13,20H2,1-3H3,(H,21,22). The molecule has 0 saturated heterocycles. The van der Waals surface area contributed by atoms with E-state index in [1.807, 2.05) is 24.3 Å². The molecule has 3 N–H and O–H groups in total. The largest absolute Gasteiger partial charge is 0.399 e. The van der Waals surface area contributed by atoms with Crippen molar-refractivity contribution in [1.29, 1.82) is 0 Å². The summed E-state index contributed by atoms with van der Waals surface area (Å²) in [5, 5.41) is 3.16. The second kappa shape index (κ2) is 7.82.